The molecule has 3 rings (SSSR count). The van der Waals surface area contributed by atoms with E-state index >= 15 is 0 Å². The van der Waals surface area contributed by atoms with E-state index in [-0.39, 0.29) is 17.9 Å². The van der Waals surface area contributed by atoms with Crippen molar-refractivity contribution in [2.75, 3.05) is 27.3 Å². The van der Waals surface area contributed by atoms with Crippen LogP contribution in [0.1, 0.15) is 36.9 Å². The Balaban J connectivity index is 1.81. The summed E-state index contributed by atoms with van der Waals surface area (Å²) < 4.78 is 24.7. The summed E-state index contributed by atoms with van der Waals surface area (Å²) in [7, 11) is 3.35. The number of piperidine rings is 1. The molecule has 1 aliphatic heterocycles. The van der Waals surface area contributed by atoms with Crippen molar-refractivity contribution in [3.8, 4) is 11.5 Å². The molecule has 1 N–H and O–H groups in total. The molecule has 146 valence electrons. The molecule has 1 aliphatic rings. The zero-order valence-corrected chi connectivity index (χ0v) is 16.4. The van der Waals surface area contributed by atoms with Crippen LogP contribution in [-0.2, 0) is 6.54 Å². The van der Waals surface area contributed by atoms with E-state index in [1.165, 1.54) is 6.07 Å². The highest BCUT2D eigenvalue weighted by atomic mass is 19.1. The molecule has 0 radical (unpaired) electrons. The number of likely N-dealkylation sites (N-methyl/N-ethyl adjacent to an activating group) is 1. The molecule has 0 unspecified atom stereocenters. The third-order valence-corrected chi connectivity index (χ3v) is 5.37. The number of nitrogens with zero attached hydrogens (tertiary/aromatic N) is 1. The van der Waals surface area contributed by atoms with Crippen molar-refractivity contribution in [3.05, 3.63) is 59.4 Å². The molecule has 2 aromatic rings. The first-order chi connectivity index (χ1) is 13.2. The van der Waals surface area contributed by atoms with E-state index in [0.29, 0.717) is 6.54 Å². The van der Waals surface area contributed by atoms with Gasteiger partial charge >= 0.3 is 0 Å². The summed E-state index contributed by atoms with van der Waals surface area (Å²) in [5.41, 5.74) is 2.09. The first kappa shape index (κ1) is 19.6. The normalized spacial score (nSPS) is 20.4. The molecule has 0 spiro atoms. The van der Waals surface area contributed by atoms with Gasteiger partial charge in [-0.3, -0.25) is 4.90 Å². The number of halogens is 1. The molecule has 2 atom stereocenters. The maximum absolute atomic E-state index is 13.8. The first-order valence-corrected chi connectivity index (χ1v) is 9.60. The van der Waals surface area contributed by atoms with Gasteiger partial charge in [0.1, 0.15) is 17.3 Å². The minimum Gasteiger partial charge on any atom is -0.497 e. The third kappa shape index (κ3) is 4.60. The smallest absolute Gasteiger partial charge is 0.123 e. The highest BCUT2D eigenvalue weighted by Gasteiger charge is 2.31. The Morgan fingerprint density at radius 1 is 1.15 bits per heavy atom. The van der Waals surface area contributed by atoms with Gasteiger partial charge in [0.15, 0.2) is 0 Å². The molecule has 0 saturated carbocycles. The minimum absolute atomic E-state index is 0.163. The van der Waals surface area contributed by atoms with Gasteiger partial charge in [-0.1, -0.05) is 19.1 Å². The Kier molecular flexibility index (Phi) is 6.69. The van der Waals surface area contributed by atoms with Crippen molar-refractivity contribution < 1.29 is 13.9 Å². The van der Waals surface area contributed by atoms with E-state index in [1.54, 1.807) is 26.4 Å². The molecule has 2 aromatic carbocycles. The molecule has 1 saturated heterocycles. The van der Waals surface area contributed by atoms with Crippen molar-refractivity contribution in [3.63, 3.8) is 0 Å². The van der Waals surface area contributed by atoms with E-state index in [4.69, 9.17) is 9.47 Å². The zero-order valence-electron chi connectivity index (χ0n) is 16.4. The zero-order chi connectivity index (χ0) is 19.2. The van der Waals surface area contributed by atoms with Crippen molar-refractivity contribution >= 4 is 0 Å². The van der Waals surface area contributed by atoms with Crippen LogP contribution < -0.4 is 14.8 Å². The molecule has 27 heavy (non-hydrogen) atoms. The molecule has 0 aromatic heterocycles. The fraction of sp³-hybridized carbons (Fsp3) is 0.455. The van der Waals surface area contributed by atoms with Gasteiger partial charge in [-0.25, -0.2) is 4.39 Å². The Bertz CT molecular complexity index is 753. The molecule has 5 heteroatoms. The highest BCUT2D eigenvalue weighted by molar-refractivity contribution is 5.40. The quantitative estimate of drug-likeness (QED) is 0.791. The summed E-state index contributed by atoms with van der Waals surface area (Å²) in [6.45, 7) is 4.83. The fourth-order valence-electron chi connectivity index (χ4n) is 4.03. The number of ether oxygens (including phenoxy) is 2. The molecule has 0 amide bonds. The maximum Gasteiger partial charge on any atom is 0.123 e. The lowest BCUT2D eigenvalue weighted by Gasteiger charge is -2.41. The summed E-state index contributed by atoms with van der Waals surface area (Å²) in [4.78, 5) is 2.43. The van der Waals surface area contributed by atoms with Crippen LogP contribution in [0.4, 0.5) is 4.39 Å². The average molecular weight is 372 g/mol. The number of hydrogen-bond acceptors (Lipinski definition) is 4. The second-order valence-electron chi connectivity index (χ2n) is 6.94. The van der Waals surface area contributed by atoms with E-state index < -0.39 is 0 Å². The molecule has 1 fully saturated rings. The van der Waals surface area contributed by atoms with Crippen LogP contribution in [-0.4, -0.2) is 38.3 Å². The number of benzene rings is 2. The van der Waals surface area contributed by atoms with Crippen LogP contribution in [0, 0.1) is 5.82 Å². The molecule has 1 heterocycles. The SMILES string of the molecule is CCN1CCC[C@@H](NCc2cc(OC)ccc2OC)[C@H]1c1cccc(F)c1. The predicted octanol–water partition coefficient (Wildman–Crippen LogP) is 4.16. The van der Waals surface area contributed by atoms with Crippen molar-refractivity contribution in [1.29, 1.82) is 0 Å². The van der Waals surface area contributed by atoms with Crippen molar-refractivity contribution in [2.45, 2.75) is 38.4 Å². The van der Waals surface area contributed by atoms with Gasteiger partial charge in [0.05, 0.1) is 20.3 Å². The second-order valence-corrected chi connectivity index (χ2v) is 6.94. The number of hydrogen-bond donors (Lipinski definition) is 1. The lowest BCUT2D eigenvalue weighted by atomic mass is 9.90. The summed E-state index contributed by atoms with van der Waals surface area (Å²) in [5, 5.41) is 3.70. The largest absolute Gasteiger partial charge is 0.497 e. The summed E-state index contributed by atoms with van der Waals surface area (Å²) in [6.07, 6.45) is 2.19. The van der Waals surface area contributed by atoms with E-state index in [9.17, 15) is 4.39 Å². The van der Waals surface area contributed by atoms with E-state index in [0.717, 1.165) is 48.6 Å². The van der Waals surface area contributed by atoms with Gasteiger partial charge in [0, 0.05) is 18.2 Å². The topological polar surface area (TPSA) is 33.7 Å². The second kappa shape index (κ2) is 9.20. The Hall–Kier alpha value is -2.11. The van der Waals surface area contributed by atoms with Gasteiger partial charge in [0.25, 0.3) is 0 Å². The maximum atomic E-state index is 13.8. The van der Waals surface area contributed by atoms with Crippen LogP contribution in [0.25, 0.3) is 0 Å². The molecular weight excluding hydrogens is 343 g/mol. The average Bonchev–Trinajstić information content (AvgIpc) is 2.71. The molecule has 0 bridgehead atoms. The van der Waals surface area contributed by atoms with Gasteiger partial charge in [0.2, 0.25) is 0 Å². The number of methoxy groups -OCH3 is 2. The van der Waals surface area contributed by atoms with Gasteiger partial charge in [-0.05, 0) is 61.8 Å². The summed E-state index contributed by atoms with van der Waals surface area (Å²) >= 11 is 0. The van der Waals surface area contributed by atoms with Crippen molar-refractivity contribution in [2.24, 2.45) is 0 Å². The monoisotopic (exact) mass is 372 g/mol. The van der Waals surface area contributed by atoms with Crippen LogP contribution >= 0.6 is 0 Å². The van der Waals surface area contributed by atoms with Crippen LogP contribution in [0.3, 0.4) is 0 Å². The lowest BCUT2D eigenvalue weighted by Crippen LogP contribution is -2.48. The van der Waals surface area contributed by atoms with Gasteiger partial charge in [-0.15, -0.1) is 0 Å². The fourth-order valence-corrected chi connectivity index (χ4v) is 4.03. The highest BCUT2D eigenvalue weighted by Crippen LogP contribution is 2.32. The predicted molar refractivity (Wildman–Crippen MR) is 106 cm³/mol. The standard InChI is InChI=1S/C22H29FN2O2/c1-4-25-12-6-9-20(22(25)16-7-5-8-18(23)13-16)24-15-17-14-19(26-2)10-11-21(17)27-3/h5,7-8,10-11,13-14,20,22,24H,4,6,9,12,15H2,1-3H3/t20-,22-/m1/s1. The summed E-state index contributed by atoms with van der Waals surface area (Å²) in [6, 6.07) is 13.2. The van der Waals surface area contributed by atoms with Gasteiger partial charge < -0.3 is 14.8 Å². The minimum atomic E-state index is -0.178. The van der Waals surface area contributed by atoms with E-state index in [2.05, 4.69) is 17.1 Å². The Morgan fingerprint density at radius 3 is 2.70 bits per heavy atom. The molecular formula is C22H29FN2O2. The molecule has 4 nitrogen and oxygen atoms in total. The number of rotatable bonds is 7. The number of likely N-dealkylation sites (tertiary alicyclic amines) is 1. The number of nitrogens with one attached hydrogen (secondary N) is 1. The van der Waals surface area contributed by atoms with Gasteiger partial charge in [-0.2, -0.15) is 0 Å². The van der Waals surface area contributed by atoms with E-state index in [1.807, 2.05) is 24.3 Å². The van der Waals surface area contributed by atoms with Crippen LogP contribution in [0.15, 0.2) is 42.5 Å². The third-order valence-electron chi connectivity index (χ3n) is 5.37. The Morgan fingerprint density at radius 2 is 2.00 bits per heavy atom. The Labute approximate surface area is 161 Å². The lowest BCUT2D eigenvalue weighted by molar-refractivity contribution is 0.117. The van der Waals surface area contributed by atoms with Crippen molar-refractivity contribution in [1.82, 2.24) is 10.2 Å². The molecule has 0 aliphatic carbocycles. The van der Waals surface area contributed by atoms with Crippen LogP contribution in [0.5, 0.6) is 11.5 Å². The summed E-state index contributed by atoms with van der Waals surface area (Å²) in [5.74, 6) is 1.48. The van der Waals surface area contributed by atoms with Crippen LogP contribution in [0.2, 0.25) is 0 Å². The first-order valence-electron chi connectivity index (χ1n) is 9.60.